The predicted octanol–water partition coefficient (Wildman–Crippen LogP) is 5.70. The number of anilines is 1. The minimum Gasteiger partial charge on any atom is -0.492 e. The smallest absolute Gasteiger partial charge is 0.234 e. The fourth-order valence-electron chi connectivity index (χ4n) is 3.34. The predicted molar refractivity (Wildman–Crippen MR) is 128 cm³/mol. The summed E-state index contributed by atoms with van der Waals surface area (Å²) in [7, 11) is 0. The molecular weight excluding hydrogens is 428 g/mol. The molecule has 0 spiro atoms. The fraction of sp³-hybridized carbons (Fsp3) is 0.261. The summed E-state index contributed by atoms with van der Waals surface area (Å²) < 4.78 is 8.92. The molecule has 2 aromatic heterocycles. The first-order valence-electron chi connectivity index (χ1n) is 10.3. The Kier molecular flexibility index (Phi) is 6.89. The summed E-state index contributed by atoms with van der Waals surface area (Å²) in [5, 5.41) is 15.9. The highest BCUT2D eigenvalue weighted by molar-refractivity contribution is 7.99. The van der Waals surface area contributed by atoms with E-state index in [1.165, 1.54) is 21.8 Å². The Bertz CT molecular complexity index is 1190. The number of rotatable bonds is 9. The van der Waals surface area contributed by atoms with Crippen molar-refractivity contribution in [2.24, 2.45) is 0 Å². The Hall–Kier alpha value is -2.84. The van der Waals surface area contributed by atoms with Crippen molar-refractivity contribution in [3.8, 4) is 17.1 Å². The molecule has 0 aliphatic carbocycles. The van der Waals surface area contributed by atoms with E-state index in [9.17, 15) is 4.79 Å². The molecule has 0 aliphatic heterocycles. The van der Waals surface area contributed by atoms with Gasteiger partial charge >= 0.3 is 0 Å². The van der Waals surface area contributed by atoms with E-state index in [2.05, 4.69) is 44.5 Å². The van der Waals surface area contributed by atoms with Crippen LogP contribution in [0.2, 0.25) is 0 Å². The molecule has 8 heteroatoms. The number of amides is 1. The molecule has 4 rings (SSSR count). The Morgan fingerprint density at radius 1 is 1.13 bits per heavy atom. The summed E-state index contributed by atoms with van der Waals surface area (Å²) in [6.07, 6.45) is 0.953. The Morgan fingerprint density at radius 3 is 2.77 bits per heavy atom. The lowest BCUT2D eigenvalue weighted by Gasteiger charge is -2.11. The van der Waals surface area contributed by atoms with Gasteiger partial charge in [-0.2, -0.15) is 0 Å². The maximum Gasteiger partial charge on any atom is 0.234 e. The van der Waals surface area contributed by atoms with Crippen molar-refractivity contribution in [1.29, 1.82) is 0 Å². The number of carbonyl (C=O) groups is 1. The number of thiophene rings is 1. The van der Waals surface area contributed by atoms with Crippen molar-refractivity contribution < 1.29 is 9.53 Å². The number of para-hydroxylation sites is 2. The Balaban J connectivity index is 1.51. The van der Waals surface area contributed by atoms with Crippen LogP contribution in [0, 0.1) is 0 Å². The van der Waals surface area contributed by atoms with Crippen LogP contribution in [0.25, 0.3) is 21.5 Å². The zero-order valence-electron chi connectivity index (χ0n) is 17.5. The molecule has 0 bridgehead atoms. The van der Waals surface area contributed by atoms with E-state index in [0.29, 0.717) is 18.0 Å². The second-order valence-corrected chi connectivity index (χ2v) is 8.72. The summed E-state index contributed by atoms with van der Waals surface area (Å²) in [6.45, 7) is 5.38. The molecule has 0 atom stereocenters. The third-order valence-electron chi connectivity index (χ3n) is 4.68. The van der Waals surface area contributed by atoms with E-state index < -0.39 is 0 Å². The van der Waals surface area contributed by atoms with E-state index in [-0.39, 0.29) is 11.7 Å². The van der Waals surface area contributed by atoms with Crippen molar-refractivity contribution in [3.05, 3.63) is 53.9 Å². The van der Waals surface area contributed by atoms with Crippen molar-refractivity contribution >= 4 is 44.8 Å². The first-order valence-corrected chi connectivity index (χ1v) is 12.1. The quantitative estimate of drug-likeness (QED) is 0.330. The number of ether oxygens (including phenoxy) is 1. The average molecular weight is 453 g/mol. The van der Waals surface area contributed by atoms with Gasteiger partial charge in [0.25, 0.3) is 0 Å². The van der Waals surface area contributed by atoms with Gasteiger partial charge in [-0.1, -0.05) is 49.0 Å². The van der Waals surface area contributed by atoms with Crippen LogP contribution in [0.3, 0.4) is 0 Å². The zero-order valence-corrected chi connectivity index (χ0v) is 19.1. The van der Waals surface area contributed by atoms with Crippen LogP contribution in [0.5, 0.6) is 5.75 Å². The van der Waals surface area contributed by atoms with E-state index in [0.717, 1.165) is 29.5 Å². The number of hydrogen-bond donors (Lipinski definition) is 1. The van der Waals surface area contributed by atoms with Gasteiger partial charge < -0.3 is 14.6 Å². The lowest BCUT2D eigenvalue weighted by atomic mass is 10.1. The van der Waals surface area contributed by atoms with Gasteiger partial charge in [-0.25, -0.2) is 0 Å². The van der Waals surface area contributed by atoms with Crippen LogP contribution in [-0.4, -0.2) is 33.0 Å². The highest BCUT2D eigenvalue weighted by Gasteiger charge is 2.18. The third kappa shape index (κ3) is 4.75. The van der Waals surface area contributed by atoms with E-state index in [4.69, 9.17) is 4.74 Å². The second-order valence-electron chi connectivity index (χ2n) is 6.87. The number of fused-ring (bicyclic) bond motifs is 1. The van der Waals surface area contributed by atoms with Gasteiger partial charge in [-0.05, 0) is 31.5 Å². The number of nitrogens with zero attached hydrogens (tertiary/aromatic N) is 3. The van der Waals surface area contributed by atoms with Crippen molar-refractivity contribution in [3.63, 3.8) is 0 Å². The maximum absolute atomic E-state index is 12.6. The molecule has 2 aromatic carbocycles. The molecule has 4 aromatic rings. The van der Waals surface area contributed by atoms with Crippen LogP contribution in [0.15, 0.2) is 59.1 Å². The first-order chi connectivity index (χ1) is 15.2. The number of aromatic nitrogens is 3. The van der Waals surface area contributed by atoms with Gasteiger partial charge in [0.15, 0.2) is 11.0 Å². The molecule has 0 unspecified atom stereocenters. The van der Waals surface area contributed by atoms with Gasteiger partial charge in [0.2, 0.25) is 5.91 Å². The van der Waals surface area contributed by atoms with Gasteiger partial charge in [-0.3, -0.25) is 4.79 Å². The second kappa shape index (κ2) is 9.98. The van der Waals surface area contributed by atoms with Crippen molar-refractivity contribution in [2.75, 3.05) is 17.7 Å². The van der Waals surface area contributed by atoms with Gasteiger partial charge in [0, 0.05) is 27.6 Å². The summed E-state index contributed by atoms with van der Waals surface area (Å²) in [4.78, 5) is 12.6. The molecule has 0 radical (unpaired) electrons. The topological polar surface area (TPSA) is 69.0 Å². The van der Waals surface area contributed by atoms with Crippen LogP contribution >= 0.6 is 23.1 Å². The Morgan fingerprint density at radius 2 is 1.94 bits per heavy atom. The molecule has 2 heterocycles. The van der Waals surface area contributed by atoms with E-state index >= 15 is 0 Å². The van der Waals surface area contributed by atoms with Gasteiger partial charge in [0.05, 0.1) is 18.0 Å². The molecular formula is C23H24N4O2S2. The minimum absolute atomic E-state index is 0.106. The molecule has 1 amide bonds. The molecule has 0 saturated carbocycles. The fourth-order valence-corrected chi connectivity index (χ4v) is 5.04. The number of carbonyl (C=O) groups excluding carboxylic acids is 1. The standard InChI is InChI=1S/C23H24N4O2S2/c1-3-13-27-22(17-14-30-20-12-8-5-9-16(17)20)25-26-23(27)31-15-21(28)24-18-10-6-7-11-19(18)29-4-2/h5-12,14H,3-4,13,15H2,1-2H3,(H,24,28). The van der Waals surface area contributed by atoms with Gasteiger partial charge in [0.1, 0.15) is 5.75 Å². The summed E-state index contributed by atoms with van der Waals surface area (Å²) in [5.74, 6) is 1.66. The molecule has 0 saturated heterocycles. The number of benzene rings is 2. The molecule has 6 nitrogen and oxygen atoms in total. The van der Waals surface area contributed by atoms with Crippen LogP contribution in [0.4, 0.5) is 5.69 Å². The van der Waals surface area contributed by atoms with Crippen LogP contribution in [0.1, 0.15) is 20.3 Å². The monoisotopic (exact) mass is 452 g/mol. The van der Waals surface area contributed by atoms with Crippen LogP contribution < -0.4 is 10.1 Å². The van der Waals surface area contributed by atoms with E-state index in [1.54, 1.807) is 11.3 Å². The largest absolute Gasteiger partial charge is 0.492 e. The summed E-state index contributed by atoms with van der Waals surface area (Å²) in [5.41, 5.74) is 1.76. The number of thioether (sulfide) groups is 1. The molecule has 31 heavy (non-hydrogen) atoms. The minimum atomic E-state index is -0.106. The Labute approximate surface area is 189 Å². The highest BCUT2D eigenvalue weighted by Crippen LogP contribution is 2.34. The highest BCUT2D eigenvalue weighted by atomic mass is 32.2. The lowest BCUT2D eigenvalue weighted by Crippen LogP contribution is -2.15. The number of hydrogen-bond acceptors (Lipinski definition) is 6. The first kappa shape index (κ1) is 21.4. The molecule has 0 aliphatic rings. The summed E-state index contributed by atoms with van der Waals surface area (Å²) >= 11 is 3.10. The SMILES string of the molecule is CCCn1c(SCC(=O)Nc2ccccc2OCC)nnc1-c1csc2ccccc12. The normalized spacial score (nSPS) is 11.0. The summed E-state index contributed by atoms with van der Waals surface area (Å²) in [6, 6.07) is 15.8. The molecule has 1 N–H and O–H groups in total. The lowest BCUT2D eigenvalue weighted by molar-refractivity contribution is -0.113. The average Bonchev–Trinajstić information content (AvgIpc) is 3.38. The van der Waals surface area contributed by atoms with Gasteiger partial charge in [-0.15, -0.1) is 21.5 Å². The van der Waals surface area contributed by atoms with Crippen LogP contribution in [-0.2, 0) is 11.3 Å². The van der Waals surface area contributed by atoms with E-state index in [1.807, 2.05) is 43.3 Å². The maximum atomic E-state index is 12.6. The van der Waals surface area contributed by atoms with Crippen molar-refractivity contribution in [1.82, 2.24) is 14.8 Å². The third-order valence-corrected chi connectivity index (χ3v) is 6.61. The molecule has 0 fully saturated rings. The van der Waals surface area contributed by atoms with Crippen molar-refractivity contribution in [2.45, 2.75) is 32.0 Å². The zero-order chi connectivity index (χ0) is 21.6. The molecule has 160 valence electrons. The number of nitrogens with one attached hydrogen (secondary N) is 1.